The first-order valence-corrected chi connectivity index (χ1v) is 8.28. The summed E-state index contributed by atoms with van der Waals surface area (Å²) in [5, 5.41) is 11.8. The van der Waals surface area contributed by atoms with Crippen LogP contribution in [0.15, 0.2) is 54.6 Å². The molecule has 0 saturated carbocycles. The molecule has 1 aliphatic heterocycles. The van der Waals surface area contributed by atoms with Crippen LogP contribution in [0.4, 0.5) is 10.5 Å². The fourth-order valence-electron chi connectivity index (χ4n) is 2.86. The lowest BCUT2D eigenvalue weighted by molar-refractivity contribution is 0.0697. The van der Waals surface area contributed by atoms with Crippen molar-refractivity contribution in [1.29, 1.82) is 0 Å². The number of carbonyl (C=O) groups is 2. The SMILES string of the molecule is O=C(O)c1ccc(CNC(=O)N2CCN(c3ccccc3)CC2)cc1. The lowest BCUT2D eigenvalue weighted by atomic mass is 10.1. The van der Waals surface area contributed by atoms with Crippen molar-refractivity contribution >= 4 is 17.7 Å². The van der Waals surface area contributed by atoms with Gasteiger partial charge in [-0.05, 0) is 29.8 Å². The Kier molecular flexibility index (Phi) is 5.18. The van der Waals surface area contributed by atoms with Crippen LogP contribution in [0.2, 0.25) is 0 Å². The molecule has 1 saturated heterocycles. The number of hydrogen-bond acceptors (Lipinski definition) is 3. The van der Waals surface area contributed by atoms with Gasteiger partial charge in [0.1, 0.15) is 0 Å². The van der Waals surface area contributed by atoms with Gasteiger partial charge < -0.3 is 20.2 Å². The van der Waals surface area contributed by atoms with E-state index >= 15 is 0 Å². The van der Waals surface area contributed by atoms with Crippen molar-refractivity contribution in [1.82, 2.24) is 10.2 Å². The Morgan fingerprint density at radius 1 is 0.920 bits per heavy atom. The number of aromatic carboxylic acids is 1. The number of carboxylic acids is 1. The van der Waals surface area contributed by atoms with E-state index in [-0.39, 0.29) is 11.6 Å². The maximum atomic E-state index is 12.3. The highest BCUT2D eigenvalue weighted by Crippen LogP contribution is 2.15. The highest BCUT2D eigenvalue weighted by atomic mass is 16.4. The van der Waals surface area contributed by atoms with E-state index in [1.54, 1.807) is 24.3 Å². The number of benzene rings is 2. The van der Waals surface area contributed by atoms with Crippen LogP contribution < -0.4 is 10.2 Å². The summed E-state index contributed by atoms with van der Waals surface area (Å²) in [5.74, 6) is -0.952. The lowest BCUT2D eigenvalue weighted by Crippen LogP contribution is -2.51. The number of carboxylic acid groups (broad SMARTS) is 1. The summed E-state index contributed by atoms with van der Waals surface area (Å²) in [6.07, 6.45) is 0. The van der Waals surface area contributed by atoms with Crippen LogP contribution in [-0.4, -0.2) is 48.2 Å². The number of nitrogens with zero attached hydrogens (tertiary/aromatic N) is 2. The summed E-state index contributed by atoms with van der Waals surface area (Å²) in [5.41, 5.74) is 2.30. The predicted molar refractivity (Wildman–Crippen MR) is 95.9 cm³/mol. The van der Waals surface area contributed by atoms with Crippen molar-refractivity contribution in [2.45, 2.75) is 6.54 Å². The minimum Gasteiger partial charge on any atom is -0.478 e. The molecule has 1 aliphatic rings. The van der Waals surface area contributed by atoms with Gasteiger partial charge in [0.05, 0.1) is 5.56 Å². The fraction of sp³-hybridized carbons (Fsp3) is 0.263. The molecule has 1 heterocycles. The van der Waals surface area contributed by atoms with Gasteiger partial charge in [0.25, 0.3) is 0 Å². The standard InChI is InChI=1S/C19H21N3O3/c23-18(24)16-8-6-15(7-9-16)14-20-19(25)22-12-10-21(11-13-22)17-4-2-1-3-5-17/h1-9H,10-14H2,(H,20,25)(H,23,24). The Morgan fingerprint density at radius 3 is 2.16 bits per heavy atom. The van der Waals surface area contributed by atoms with Crippen LogP contribution >= 0.6 is 0 Å². The smallest absolute Gasteiger partial charge is 0.335 e. The molecule has 0 radical (unpaired) electrons. The number of nitrogens with one attached hydrogen (secondary N) is 1. The molecule has 2 aromatic rings. The van der Waals surface area contributed by atoms with Crippen LogP contribution in [0.5, 0.6) is 0 Å². The van der Waals surface area contributed by atoms with Gasteiger partial charge in [0.15, 0.2) is 0 Å². The average molecular weight is 339 g/mol. The van der Waals surface area contributed by atoms with Crippen LogP contribution in [0.1, 0.15) is 15.9 Å². The fourth-order valence-corrected chi connectivity index (χ4v) is 2.86. The largest absolute Gasteiger partial charge is 0.478 e. The molecular formula is C19H21N3O3. The maximum absolute atomic E-state index is 12.3. The molecule has 0 unspecified atom stereocenters. The quantitative estimate of drug-likeness (QED) is 0.897. The summed E-state index contributed by atoms with van der Waals surface area (Å²) in [6, 6.07) is 16.6. The van der Waals surface area contributed by atoms with E-state index in [1.165, 1.54) is 5.69 Å². The first-order valence-electron chi connectivity index (χ1n) is 8.28. The molecule has 6 nitrogen and oxygen atoms in total. The van der Waals surface area contributed by atoms with Crippen LogP contribution in [0.3, 0.4) is 0 Å². The van der Waals surface area contributed by atoms with E-state index in [0.717, 1.165) is 18.7 Å². The molecule has 1 fully saturated rings. The normalized spacial score (nSPS) is 14.2. The first-order chi connectivity index (χ1) is 12.1. The summed E-state index contributed by atoms with van der Waals surface area (Å²) in [6.45, 7) is 3.37. The van der Waals surface area contributed by atoms with Gasteiger partial charge >= 0.3 is 12.0 Å². The molecule has 6 heteroatoms. The molecule has 2 amide bonds. The van der Waals surface area contributed by atoms with Gasteiger partial charge in [-0.15, -0.1) is 0 Å². The summed E-state index contributed by atoms with van der Waals surface area (Å²) < 4.78 is 0. The third kappa shape index (κ3) is 4.29. The molecule has 0 spiro atoms. The van der Waals surface area contributed by atoms with Gasteiger partial charge in [0.2, 0.25) is 0 Å². The monoisotopic (exact) mass is 339 g/mol. The van der Waals surface area contributed by atoms with Crippen molar-refractivity contribution in [2.75, 3.05) is 31.1 Å². The van der Waals surface area contributed by atoms with E-state index in [1.807, 2.05) is 23.1 Å². The van der Waals surface area contributed by atoms with E-state index < -0.39 is 5.97 Å². The minimum atomic E-state index is -0.952. The molecule has 0 aliphatic carbocycles. The minimum absolute atomic E-state index is 0.0879. The number of hydrogen-bond donors (Lipinski definition) is 2. The number of para-hydroxylation sites is 1. The van der Waals surface area contributed by atoms with Gasteiger partial charge in [-0.2, -0.15) is 0 Å². The van der Waals surface area contributed by atoms with Crippen molar-refractivity contribution < 1.29 is 14.7 Å². The molecule has 130 valence electrons. The molecule has 2 aromatic carbocycles. The topological polar surface area (TPSA) is 72.9 Å². The number of anilines is 1. The number of amides is 2. The average Bonchev–Trinajstić information content (AvgIpc) is 2.67. The number of carbonyl (C=O) groups excluding carboxylic acids is 1. The number of rotatable bonds is 4. The molecule has 0 bridgehead atoms. The highest BCUT2D eigenvalue weighted by Gasteiger charge is 2.20. The summed E-state index contributed by atoms with van der Waals surface area (Å²) in [4.78, 5) is 27.2. The van der Waals surface area contributed by atoms with E-state index in [0.29, 0.717) is 19.6 Å². The van der Waals surface area contributed by atoms with E-state index in [4.69, 9.17) is 5.11 Å². The van der Waals surface area contributed by atoms with Crippen molar-refractivity contribution in [2.24, 2.45) is 0 Å². The Balaban J connectivity index is 1.47. The zero-order valence-corrected chi connectivity index (χ0v) is 13.9. The molecule has 0 aromatic heterocycles. The van der Waals surface area contributed by atoms with Gasteiger partial charge in [0, 0.05) is 38.4 Å². The van der Waals surface area contributed by atoms with Gasteiger partial charge in [-0.3, -0.25) is 0 Å². The maximum Gasteiger partial charge on any atom is 0.335 e. The Morgan fingerprint density at radius 2 is 1.56 bits per heavy atom. The van der Waals surface area contributed by atoms with Gasteiger partial charge in [-0.25, -0.2) is 9.59 Å². The predicted octanol–water partition coefficient (Wildman–Crippen LogP) is 2.42. The molecule has 2 N–H and O–H groups in total. The second-order valence-electron chi connectivity index (χ2n) is 5.97. The van der Waals surface area contributed by atoms with Crippen LogP contribution in [0, 0.1) is 0 Å². The van der Waals surface area contributed by atoms with Crippen LogP contribution in [-0.2, 0) is 6.54 Å². The van der Waals surface area contributed by atoms with E-state index in [2.05, 4.69) is 22.3 Å². The summed E-state index contributed by atoms with van der Waals surface area (Å²) >= 11 is 0. The molecule has 3 rings (SSSR count). The Hall–Kier alpha value is -3.02. The second-order valence-corrected chi connectivity index (χ2v) is 5.97. The zero-order valence-electron chi connectivity index (χ0n) is 13.9. The lowest BCUT2D eigenvalue weighted by Gasteiger charge is -2.36. The van der Waals surface area contributed by atoms with Crippen LogP contribution in [0.25, 0.3) is 0 Å². The van der Waals surface area contributed by atoms with Crippen molar-refractivity contribution in [3.8, 4) is 0 Å². The third-order valence-corrected chi connectivity index (χ3v) is 4.33. The summed E-state index contributed by atoms with van der Waals surface area (Å²) in [7, 11) is 0. The van der Waals surface area contributed by atoms with E-state index in [9.17, 15) is 9.59 Å². The third-order valence-electron chi connectivity index (χ3n) is 4.33. The Bertz CT molecular complexity index is 723. The second kappa shape index (κ2) is 7.70. The zero-order chi connectivity index (χ0) is 17.6. The molecule has 0 atom stereocenters. The number of urea groups is 1. The van der Waals surface area contributed by atoms with Crippen molar-refractivity contribution in [3.05, 3.63) is 65.7 Å². The van der Waals surface area contributed by atoms with Crippen molar-refractivity contribution in [3.63, 3.8) is 0 Å². The highest BCUT2D eigenvalue weighted by molar-refractivity contribution is 5.87. The molecule has 25 heavy (non-hydrogen) atoms. The number of piperazine rings is 1. The molecular weight excluding hydrogens is 318 g/mol. The van der Waals surface area contributed by atoms with Gasteiger partial charge in [-0.1, -0.05) is 30.3 Å². The first kappa shape index (κ1) is 16.8. The Labute approximate surface area is 146 Å².